The van der Waals surface area contributed by atoms with E-state index in [1.54, 1.807) is 24.3 Å². The molecule has 0 aliphatic heterocycles. The van der Waals surface area contributed by atoms with Gasteiger partial charge < -0.3 is 9.47 Å². The van der Waals surface area contributed by atoms with Crippen LogP contribution < -0.4 is 4.74 Å². The highest BCUT2D eigenvalue weighted by atomic mass is 16.5. The van der Waals surface area contributed by atoms with Crippen molar-refractivity contribution in [2.75, 3.05) is 13.7 Å². The van der Waals surface area contributed by atoms with Crippen LogP contribution in [0.25, 0.3) is 0 Å². The Bertz CT molecular complexity index is 764. The van der Waals surface area contributed by atoms with Gasteiger partial charge in [-0.05, 0) is 48.1 Å². The molecule has 2 aromatic rings. The highest BCUT2D eigenvalue weighted by molar-refractivity contribution is 6.00. The summed E-state index contributed by atoms with van der Waals surface area (Å²) in [5.74, 6) is -0.178. The lowest BCUT2D eigenvalue weighted by Gasteiger charge is -2.08. The predicted octanol–water partition coefficient (Wildman–Crippen LogP) is 3.15. The zero-order valence-electron chi connectivity index (χ0n) is 13.7. The number of para-hydroxylation sites is 1. The van der Waals surface area contributed by atoms with E-state index in [0.717, 1.165) is 18.4 Å². The molecular weight excluding hydrogens is 304 g/mol. The molecule has 124 valence electrons. The fourth-order valence-electron chi connectivity index (χ4n) is 3.05. The molecule has 0 saturated carbocycles. The van der Waals surface area contributed by atoms with E-state index < -0.39 is 5.97 Å². The molecule has 1 aliphatic carbocycles. The van der Waals surface area contributed by atoms with Crippen molar-refractivity contribution in [1.82, 2.24) is 0 Å². The zero-order valence-corrected chi connectivity index (χ0v) is 13.7. The summed E-state index contributed by atoms with van der Waals surface area (Å²) in [5, 5.41) is 0. The Kier molecular flexibility index (Phi) is 4.94. The van der Waals surface area contributed by atoms with Gasteiger partial charge >= 0.3 is 5.97 Å². The van der Waals surface area contributed by atoms with Crippen molar-refractivity contribution in [1.29, 1.82) is 0 Å². The lowest BCUT2D eigenvalue weighted by molar-refractivity contribution is -0.141. The average molecular weight is 324 g/mol. The van der Waals surface area contributed by atoms with Crippen LogP contribution in [-0.2, 0) is 28.8 Å². The summed E-state index contributed by atoms with van der Waals surface area (Å²) in [5.41, 5.74) is 4.06. The van der Waals surface area contributed by atoms with Gasteiger partial charge in [0, 0.05) is 0 Å². The van der Waals surface area contributed by atoms with Crippen LogP contribution in [0.1, 0.15) is 33.5 Å². The smallest absolute Gasteiger partial charge is 0.310 e. The summed E-state index contributed by atoms with van der Waals surface area (Å²) in [6.45, 7) is -0.274. The summed E-state index contributed by atoms with van der Waals surface area (Å²) in [6.07, 6.45) is 3.56. The van der Waals surface area contributed by atoms with Crippen LogP contribution in [0.3, 0.4) is 0 Å². The number of hydrogen-bond donors (Lipinski definition) is 0. The average Bonchev–Trinajstić information content (AvgIpc) is 3.07. The van der Waals surface area contributed by atoms with Gasteiger partial charge in [0.15, 0.2) is 6.61 Å². The van der Waals surface area contributed by atoms with Crippen molar-refractivity contribution >= 4 is 11.8 Å². The van der Waals surface area contributed by atoms with Gasteiger partial charge in [0.05, 0.1) is 19.1 Å². The monoisotopic (exact) mass is 324 g/mol. The highest BCUT2D eigenvalue weighted by Crippen LogP contribution is 2.23. The molecule has 0 unspecified atom stereocenters. The number of benzene rings is 2. The summed E-state index contributed by atoms with van der Waals surface area (Å²) < 4.78 is 10.3. The summed E-state index contributed by atoms with van der Waals surface area (Å²) >= 11 is 0. The summed E-state index contributed by atoms with van der Waals surface area (Å²) in [7, 11) is 1.51. The third-order valence-electron chi connectivity index (χ3n) is 4.28. The number of methoxy groups -OCH3 is 1. The number of rotatable bonds is 6. The Labute approximate surface area is 141 Å². The number of ether oxygens (including phenoxy) is 2. The lowest BCUT2D eigenvalue weighted by Crippen LogP contribution is -2.16. The van der Waals surface area contributed by atoms with Crippen LogP contribution in [0.2, 0.25) is 0 Å². The fraction of sp³-hybridized carbons (Fsp3) is 0.300. The van der Waals surface area contributed by atoms with Crippen molar-refractivity contribution < 1.29 is 19.1 Å². The predicted molar refractivity (Wildman–Crippen MR) is 90.5 cm³/mol. The highest BCUT2D eigenvalue weighted by Gasteiger charge is 2.16. The Balaban J connectivity index is 1.56. The maximum atomic E-state index is 12.2. The zero-order chi connectivity index (χ0) is 16.9. The second kappa shape index (κ2) is 7.30. The van der Waals surface area contributed by atoms with E-state index in [1.807, 2.05) is 6.07 Å². The number of hydrogen-bond acceptors (Lipinski definition) is 4. The van der Waals surface area contributed by atoms with E-state index in [4.69, 9.17) is 9.47 Å². The largest absolute Gasteiger partial charge is 0.496 e. The molecule has 0 fully saturated rings. The van der Waals surface area contributed by atoms with Gasteiger partial charge in [-0.2, -0.15) is 0 Å². The lowest BCUT2D eigenvalue weighted by atomic mass is 10.0. The number of carbonyl (C=O) groups is 2. The van der Waals surface area contributed by atoms with E-state index in [0.29, 0.717) is 11.3 Å². The quantitative estimate of drug-likeness (QED) is 0.605. The minimum absolute atomic E-state index is 0.187. The standard InChI is InChI=1S/C20H20O4/c1-23-19-8-3-2-7-17(19)18(21)13-24-20(22)12-14-9-10-15-5-4-6-16(15)11-14/h2-3,7-11H,4-6,12-13H2,1H3. The van der Waals surface area contributed by atoms with Crippen LogP contribution in [0.5, 0.6) is 5.75 Å². The molecule has 24 heavy (non-hydrogen) atoms. The second-order valence-electron chi connectivity index (χ2n) is 5.92. The van der Waals surface area contributed by atoms with Gasteiger partial charge in [-0.25, -0.2) is 0 Å². The molecule has 0 aromatic heterocycles. The first-order valence-electron chi connectivity index (χ1n) is 8.10. The molecule has 0 radical (unpaired) electrons. The number of Topliss-reactive ketones (excluding diaryl/α,β-unsaturated/α-hetero) is 1. The third kappa shape index (κ3) is 3.65. The van der Waals surface area contributed by atoms with Gasteiger partial charge in [0.25, 0.3) is 0 Å². The Morgan fingerprint density at radius 3 is 2.67 bits per heavy atom. The molecule has 2 aromatic carbocycles. The van der Waals surface area contributed by atoms with Crippen LogP contribution in [0, 0.1) is 0 Å². The van der Waals surface area contributed by atoms with E-state index in [1.165, 1.54) is 24.7 Å². The number of esters is 1. The van der Waals surface area contributed by atoms with Gasteiger partial charge in [-0.3, -0.25) is 9.59 Å². The fourth-order valence-corrected chi connectivity index (χ4v) is 3.05. The number of fused-ring (bicyclic) bond motifs is 1. The van der Waals surface area contributed by atoms with Gasteiger partial charge in [-0.15, -0.1) is 0 Å². The molecule has 4 nitrogen and oxygen atoms in total. The molecule has 0 spiro atoms. The van der Waals surface area contributed by atoms with E-state index >= 15 is 0 Å². The van der Waals surface area contributed by atoms with E-state index in [2.05, 4.69) is 12.1 Å². The Morgan fingerprint density at radius 2 is 1.83 bits per heavy atom. The van der Waals surface area contributed by atoms with E-state index in [9.17, 15) is 9.59 Å². The van der Waals surface area contributed by atoms with Crippen LogP contribution >= 0.6 is 0 Å². The molecule has 1 aliphatic rings. The normalized spacial score (nSPS) is 12.5. The molecule has 4 heteroatoms. The van der Waals surface area contributed by atoms with Gasteiger partial charge in [0.1, 0.15) is 5.75 Å². The molecule has 0 amide bonds. The van der Waals surface area contributed by atoms with Crippen LogP contribution in [0.4, 0.5) is 0 Å². The maximum Gasteiger partial charge on any atom is 0.310 e. The third-order valence-corrected chi connectivity index (χ3v) is 4.28. The minimum Gasteiger partial charge on any atom is -0.496 e. The second-order valence-corrected chi connectivity index (χ2v) is 5.92. The van der Waals surface area contributed by atoms with Crippen molar-refractivity contribution in [3.05, 3.63) is 64.7 Å². The first-order chi connectivity index (χ1) is 11.7. The topological polar surface area (TPSA) is 52.6 Å². The summed E-state index contributed by atoms with van der Waals surface area (Å²) in [4.78, 5) is 24.2. The molecule has 0 N–H and O–H groups in total. The molecule has 3 rings (SSSR count). The van der Waals surface area contributed by atoms with Gasteiger partial charge in [-0.1, -0.05) is 30.3 Å². The molecule has 0 atom stereocenters. The van der Waals surface area contributed by atoms with E-state index in [-0.39, 0.29) is 18.8 Å². The number of aryl methyl sites for hydroxylation is 2. The van der Waals surface area contributed by atoms with Crippen molar-refractivity contribution in [3.8, 4) is 5.75 Å². The first kappa shape index (κ1) is 16.2. The molecule has 0 bridgehead atoms. The Hall–Kier alpha value is -2.62. The van der Waals surface area contributed by atoms with Crippen LogP contribution in [-0.4, -0.2) is 25.5 Å². The summed E-state index contributed by atoms with van der Waals surface area (Å²) in [6, 6.07) is 13.0. The van der Waals surface area contributed by atoms with Crippen molar-refractivity contribution in [3.63, 3.8) is 0 Å². The molecular formula is C20H20O4. The first-order valence-corrected chi connectivity index (χ1v) is 8.10. The SMILES string of the molecule is COc1ccccc1C(=O)COC(=O)Cc1ccc2c(c1)CCC2. The van der Waals surface area contributed by atoms with Crippen LogP contribution in [0.15, 0.2) is 42.5 Å². The van der Waals surface area contributed by atoms with Crippen molar-refractivity contribution in [2.45, 2.75) is 25.7 Å². The molecule has 0 saturated heterocycles. The maximum absolute atomic E-state index is 12.2. The van der Waals surface area contributed by atoms with Gasteiger partial charge in [0.2, 0.25) is 5.78 Å². The number of ketones is 1. The Morgan fingerprint density at radius 1 is 1.04 bits per heavy atom. The van der Waals surface area contributed by atoms with Crippen molar-refractivity contribution in [2.24, 2.45) is 0 Å². The number of carbonyl (C=O) groups excluding carboxylic acids is 2. The minimum atomic E-state index is -0.392. The molecule has 0 heterocycles.